The normalized spacial score (nSPS) is 14.7. The quantitative estimate of drug-likeness (QED) is 0.116. The Balaban J connectivity index is 1.27. The molecule has 1 atom stereocenters. The van der Waals surface area contributed by atoms with Gasteiger partial charge in [-0.15, -0.1) is 11.8 Å². The molecule has 0 bridgehead atoms. The molecule has 0 aliphatic carbocycles. The lowest BCUT2D eigenvalue weighted by atomic mass is 10.0. The SMILES string of the molecule is COC(=O)c1ccc(N2C(=O)CC(Sc3ccc(NC(=O)/C(=C/c4ccc(C(C)C)cc4)NC(=O)c4ccccc4)cc3)C2=O)cc1. The van der Waals surface area contributed by atoms with Crippen molar-refractivity contribution in [1.29, 1.82) is 0 Å². The average Bonchev–Trinajstić information content (AvgIpc) is 3.37. The molecule has 1 fully saturated rings. The molecule has 9 nitrogen and oxygen atoms in total. The summed E-state index contributed by atoms with van der Waals surface area (Å²) in [4.78, 5) is 65.9. The van der Waals surface area contributed by atoms with Crippen LogP contribution in [0.2, 0.25) is 0 Å². The van der Waals surface area contributed by atoms with E-state index in [1.807, 2.05) is 24.3 Å². The molecule has 0 spiro atoms. The minimum Gasteiger partial charge on any atom is -0.465 e. The summed E-state index contributed by atoms with van der Waals surface area (Å²) < 4.78 is 4.70. The van der Waals surface area contributed by atoms with Crippen molar-refractivity contribution in [3.63, 3.8) is 0 Å². The van der Waals surface area contributed by atoms with Crippen molar-refractivity contribution in [2.24, 2.45) is 0 Å². The number of anilines is 2. The van der Waals surface area contributed by atoms with Crippen LogP contribution in [0.4, 0.5) is 11.4 Å². The molecule has 47 heavy (non-hydrogen) atoms. The van der Waals surface area contributed by atoms with Crippen LogP contribution >= 0.6 is 11.8 Å². The predicted molar refractivity (Wildman–Crippen MR) is 182 cm³/mol. The van der Waals surface area contributed by atoms with Crippen molar-refractivity contribution in [3.05, 3.63) is 131 Å². The number of benzene rings is 4. The number of hydrogen-bond acceptors (Lipinski definition) is 7. The van der Waals surface area contributed by atoms with E-state index >= 15 is 0 Å². The maximum Gasteiger partial charge on any atom is 0.337 e. The Morgan fingerprint density at radius 2 is 1.51 bits per heavy atom. The molecule has 0 aromatic heterocycles. The number of methoxy groups -OCH3 is 1. The standard InChI is InChI=1S/C37H33N3O6S/c1-23(2)25-11-9-24(10-12-25)21-31(39-34(42)26-7-5-4-6-8-26)35(43)38-28-15-19-30(20-16-28)47-32-22-33(41)40(36(32)44)29-17-13-27(14-18-29)37(45)46-3/h4-21,23,32H,22H2,1-3H3,(H,38,43)(H,39,42)/b31-21-. The number of hydrogen-bond donors (Lipinski definition) is 2. The van der Waals surface area contributed by atoms with Gasteiger partial charge in [-0.3, -0.25) is 19.2 Å². The van der Waals surface area contributed by atoms with Gasteiger partial charge in [-0.05, 0) is 83.8 Å². The Labute approximate surface area is 277 Å². The second-order valence-corrected chi connectivity index (χ2v) is 12.4. The minimum atomic E-state index is -0.631. The zero-order valence-corrected chi connectivity index (χ0v) is 26.9. The lowest BCUT2D eigenvalue weighted by molar-refractivity contribution is -0.121. The Kier molecular flexibility index (Phi) is 10.3. The van der Waals surface area contributed by atoms with E-state index < -0.39 is 23.0 Å². The number of nitrogens with zero attached hydrogens (tertiary/aromatic N) is 1. The number of esters is 1. The molecule has 238 valence electrons. The first kappa shape index (κ1) is 32.9. The van der Waals surface area contributed by atoms with Gasteiger partial charge in [-0.1, -0.05) is 56.3 Å². The lowest BCUT2D eigenvalue weighted by Gasteiger charge is -2.15. The molecular formula is C37H33N3O6S. The Morgan fingerprint density at radius 1 is 0.851 bits per heavy atom. The van der Waals surface area contributed by atoms with Crippen LogP contribution in [-0.2, 0) is 19.1 Å². The first-order valence-electron chi connectivity index (χ1n) is 14.9. The molecule has 0 saturated carbocycles. The Hall–Kier alpha value is -5.48. The molecule has 1 unspecified atom stereocenters. The van der Waals surface area contributed by atoms with Crippen LogP contribution in [0.5, 0.6) is 0 Å². The van der Waals surface area contributed by atoms with Gasteiger partial charge >= 0.3 is 5.97 Å². The molecule has 2 N–H and O–H groups in total. The predicted octanol–water partition coefficient (Wildman–Crippen LogP) is 6.43. The van der Waals surface area contributed by atoms with E-state index in [4.69, 9.17) is 4.74 Å². The third-order valence-corrected chi connectivity index (χ3v) is 8.68. The van der Waals surface area contributed by atoms with Gasteiger partial charge in [0.25, 0.3) is 11.8 Å². The van der Waals surface area contributed by atoms with Crippen LogP contribution in [0.15, 0.2) is 114 Å². The zero-order chi connectivity index (χ0) is 33.5. The molecule has 0 radical (unpaired) electrons. The van der Waals surface area contributed by atoms with E-state index in [0.29, 0.717) is 28.4 Å². The fourth-order valence-corrected chi connectivity index (χ4v) is 5.95. The van der Waals surface area contributed by atoms with Gasteiger partial charge in [0.05, 0.1) is 23.6 Å². The van der Waals surface area contributed by atoms with Crippen LogP contribution in [0.25, 0.3) is 6.08 Å². The van der Waals surface area contributed by atoms with Gasteiger partial charge in [-0.25, -0.2) is 9.69 Å². The molecule has 1 aliphatic rings. The van der Waals surface area contributed by atoms with Gasteiger partial charge in [0.2, 0.25) is 11.8 Å². The van der Waals surface area contributed by atoms with Crippen molar-refractivity contribution >= 4 is 58.8 Å². The summed E-state index contributed by atoms with van der Waals surface area (Å²) in [6.07, 6.45) is 1.65. The number of thioether (sulfide) groups is 1. The van der Waals surface area contributed by atoms with E-state index in [9.17, 15) is 24.0 Å². The van der Waals surface area contributed by atoms with Crippen LogP contribution in [-0.4, -0.2) is 42.0 Å². The number of amides is 4. The maximum absolute atomic E-state index is 13.4. The summed E-state index contributed by atoms with van der Waals surface area (Å²) in [5.74, 6) is -1.77. The Morgan fingerprint density at radius 3 is 2.13 bits per heavy atom. The molecule has 5 rings (SSSR count). The van der Waals surface area contributed by atoms with E-state index in [1.165, 1.54) is 43.1 Å². The van der Waals surface area contributed by atoms with Crippen LogP contribution in [0.3, 0.4) is 0 Å². The zero-order valence-electron chi connectivity index (χ0n) is 26.1. The fraction of sp³-hybridized carbons (Fsp3) is 0.162. The minimum absolute atomic E-state index is 0.0220. The van der Waals surface area contributed by atoms with Gasteiger partial charge in [-0.2, -0.15) is 0 Å². The van der Waals surface area contributed by atoms with Gasteiger partial charge in [0.15, 0.2) is 0 Å². The number of ether oxygens (including phenoxy) is 1. The van der Waals surface area contributed by atoms with Crippen molar-refractivity contribution in [3.8, 4) is 0 Å². The van der Waals surface area contributed by atoms with Crippen molar-refractivity contribution in [1.82, 2.24) is 5.32 Å². The van der Waals surface area contributed by atoms with Crippen molar-refractivity contribution < 1.29 is 28.7 Å². The highest BCUT2D eigenvalue weighted by molar-refractivity contribution is 8.00. The third kappa shape index (κ3) is 8.03. The number of carbonyl (C=O) groups excluding carboxylic acids is 5. The van der Waals surface area contributed by atoms with E-state index in [1.54, 1.807) is 60.7 Å². The third-order valence-electron chi connectivity index (χ3n) is 7.49. The maximum atomic E-state index is 13.4. The summed E-state index contributed by atoms with van der Waals surface area (Å²) in [6, 6.07) is 29.4. The molecule has 4 aromatic rings. The average molecular weight is 648 g/mol. The summed E-state index contributed by atoms with van der Waals surface area (Å²) in [7, 11) is 1.28. The molecule has 4 aromatic carbocycles. The highest BCUT2D eigenvalue weighted by Gasteiger charge is 2.40. The highest BCUT2D eigenvalue weighted by atomic mass is 32.2. The number of nitrogens with one attached hydrogen (secondary N) is 2. The lowest BCUT2D eigenvalue weighted by Crippen LogP contribution is -2.31. The van der Waals surface area contributed by atoms with Gasteiger partial charge in [0, 0.05) is 22.6 Å². The summed E-state index contributed by atoms with van der Waals surface area (Å²) in [5.41, 5.74) is 3.58. The van der Waals surface area contributed by atoms with E-state index in [0.717, 1.165) is 20.9 Å². The molecule has 4 amide bonds. The van der Waals surface area contributed by atoms with Crippen LogP contribution < -0.4 is 15.5 Å². The number of carbonyl (C=O) groups is 5. The summed E-state index contributed by atoms with van der Waals surface area (Å²) >= 11 is 1.25. The first-order valence-corrected chi connectivity index (χ1v) is 15.8. The molecule has 10 heteroatoms. The second kappa shape index (κ2) is 14.7. The number of rotatable bonds is 10. The topological polar surface area (TPSA) is 122 Å². The van der Waals surface area contributed by atoms with Gasteiger partial charge in [0.1, 0.15) is 5.70 Å². The van der Waals surface area contributed by atoms with E-state index in [2.05, 4.69) is 24.5 Å². The van der Waals surface area contributed by atoms with Gasteiger partial charge < -0.3 is 15.4 Å². The monoisotopic (exact) mass is 647 g/mol. The van der Waals surface area contributed by atoms with Crippen molar-refractivity contribution in [2.45, 2.75) is 36.3 Å². The molecular weight excluding hydrogens is 614 g/mol. The molecule has 1 saturated heterocycles. The second-order valence-electron chi connectivity index (χ2n) is 11.1. The largest absolute Gasteiger partial charge is 0.465 e. The van der Waals surface area contributed by atoms with Crippen LogP contribution in [0.1, 0.15) is 58.0 Å². The van der Waals surface area contributed by atoms with Crippen molar-refractivity contribution in [2.75, 3.05) is 17.3 Å². The first-order chi connectivity index (χ1) is 22.6. The Bertz CT molecular complexity index is 1820. The van der Waals surface area contributed by atoms with Crippen LogP contribution in [0, 0.1) is 0 Å². The molecule has 1 heterocycles. The molecule has 1 aliphatic heterocycles. The fourth-order valence-electron chi connectivity index (χ4n) is 4.90. The number of imide groups is 1. The highest BCUT2D eigenvalue weighted by Crippen LogP contribution is 2.34. The summed E-state index contributed by atoms with van der Waals surface area (Å²) in [6.45, 7) is 4.20. The smallest absolute Gasteiger partial charge is 0.337 e. The van der Waals surface area contributed by atoms with E-state index in [-0.39, 0.29) is 23.9 Å². The summed E-state index contributed by atoms with van der Waals surface area (Å²) in [5, 5.41) is 4.95.